The molecule has 0 aliphatic carbocycles. The van der Waals surface area contributed by atoms with E-state index in [1.54, 1.807) is 0 Å². The number of benzene rings is 1. The van der Waals surface area contributed by atoms with E-state index in [0.29, 0.717) is 5.69 Å². The molecule has 13 heavy (non-hydrogen) atoms. The summed E-state index contributed by atoms with van der Waals surface area (Å²) in [6.45, 7) is 0. The van der Waals surface area contributed by atoms with Crippen molar-refractivity contribution in [3.63, 3.8) is 0 Å². The molecule has 0 spiro atoms. The minimum atomic E-state index is -3.77. The van der Waals surface area contributed by atoms with Crippen molar-refractivity contribution >= 4 is 25.4 Å². The Morgan fingerprint density at radius 1 is 1.46 bits per heavy atom. The summed E-state index contributed by atoms with van der Waals surface area (Å²) in [5, 5.41) is 0. The molecule has 0 aromatic heterocycles. The lowest BCUT2D eigenvalue weighted by atomic mass is 10.3. The molecule has 0 bridgehead atoms. The van der Waals surface area contributed by atoms with Gasteiger partial charge in [-0.3, -0.25) is 0 Å². The standard InChI is InChI=1S/C7H8ClNO3S/c1-12-6-4-5(9)2-3-7(6)13(8,10)11/h2-4H,9H2,1H3. The zero-order valence-corrected chi connectivity index (χ0v) is 8.39. The Balaban J connectivity index is 3.39. The van der Waals surface area contributed by atoms with Crippen molar-refractivity contribution in [1.29, 1.82) is 0 Å². The molecule has 72 valence electrons. The topological polar surface area (TPSA) is 69.4 Å². The number of ether oxygens (including phenoxy) is 1. The highest BCUT2D eigenvalue weighted by atomic mass is 35.7. The van der Waals surface area contributed by atoms with E-state index in [4.69, 9.17) is 21.2 Å². The van der Waals surface area contributed by atoms with E-state index in [-0.39, 0.29) is 10.6 Å². The number of methoxy groups -OCH3 is 1. The van der Waals surface area contributed by atoms with Crippen LogP contribution in [0.25, 0.3) is 0 Å². The first-order valence-corrected chi connectivity index (χ1v) is 5.64. The number of hydrogen-bond donors (Lipinski definition) is 1. The summed E-state index contributed by atoms with van der Waals surface area (Å²) in [7, 11) is 2.72. The van der Waals surface area contributed by atoms with E-state index >= 15 is 0 Å². The zero-order chi connectivity index (χ0) is 10.1. The molecule has 0 aliphatic heterocycles. The van der Waals surface area contributed by atoms with E-state index in [0.717, 1.165) is 0 Å². The molecule has 0 heterocycles. The van der Waals surface area contributed by atoms with E-state index in [1.807, 2.05) is 0 Å². The molecule has 0 unspecified atom stereocenters. The van der Waals surface area contributed by atoms with Gasteiger partial charge >= 0.3 is 0 Å². The molecule has 1 rings (SSSR count). The molecule has 0 fully saturated rings. The number of hydrogen-bond acceptors (Lipinski definition) is 4. The maximum absolute atomic E-state index is 11.0. The molecule has 1 aromatic rings. The molecule has 0 aliphatic rings. The van der Waals surface area contributed by atoms with Crippen LogP contribution in [-0.2, 0) is 9.05 Å². The first kappa shape index (κ1) is 10.1. The van der Waals surface area contributed by atoms with Crippen molar-refractivity contribution in [2.75, 3.05) is 12.8 Å². The third kappa shape index (κ3) is 2.26. The summed E-state index contributed by atoms with van der Waals surface area (Å²) >= 11 is 0. The summed E-state index contributed by atoms with van der Waals surface area (Å²) in [5.41, 5.74) is 5.85. The van der Waals surface area contributed by atoms with Crippen LogP contribution in [0.4, 0.5) is 5.69 Å². The van der Waals surface area contributed by atoms with Gasteiger partial charge < -0.3 is 10.5 Å². The predicted molar refractivity (Wildman–Crippen MR) is 50.4 cm³/mol. The lowest BCUT2D eigenvalue weighted by Crippen LogP contribution is -1.97. The highest BCUT2D eigenvalue weighted by Crippen LogP contribution is 2.28. The Hall–Kier alpha value is -0.940. The van der Waals surface area contributed by atoms with Gasteiger partial charge in [-0.05, 0) is 12.1 Å². The van der Waals surface area contributed by atoms with Gasteiger partial charge in [0.25, 0.3) is 9.05 Å². The predicted octanol–water partition coefficient (Wildman–Crippen LogP) is 1.20. The average Bonchev–Trinajstić information content (AvgIpc) is 2.01. The lowest BCUT2D eigenvalue weighted by Gasteiger charge is -2.05. The maximum Gasteiger partial charge on any atom is 0.264 e. The minimum absolute atomic E-state index is 0.0779. The fraction of sp³-hybridized carbons (Fsp3) is 0.143. The summed E-state index contributed by atoms with van der Waals surface area (Å²) in [4.78, 5) is -0.0779. The normalized spacial score (nSPS) is 11.2. The van der Waals surface area contributed by atoms with Crippen LogP contribution in [0.3, 0.4) is 0 Å². The fourth-order valence-corrected chi connectivity index (χ4v) is 1.88. The first-order valence-electron chi connectivity index (χ1n) is 3.33. The van der Waals surface area contributed by atoms with Crippen molar-refractivity contribution < 1.29 is 13.2 Å². The van der Waals surface area contributed by atoms with E-state index in [2.05, 4.69) is 0 Å². The van der Waals surface area contributed by atoms with Crippen LogP contribution in [-0.4, -0.2) is 15.5 Å². The SMILES string of the molecule is COc1cc(N)ccc1S(=O)(=O)Cl. The van der Waals surface area contributed by atoms with E-state index in [1.165, 1.54) is 25.3 Å². The molecule has 0 radical (unpaired) electrons. The van der Waals surface area contributed by atoms with Gasteiger partial charge in [-0.2, -0.15) is 0 Å². The minimum Gasteiger partial charge on any atom is -0.495 e. The number of nitrogens with two attached hydrogens (primary N) is 1. The summed E-state index contributed by atoms with van der Waals surface area (Å²) in [6.07, 6.45) is 0. The number of anilines is 1. The molecule has 4 nitrogen and oxygen atoms in total. The zero-order valence-electron chi connectivity index (χ0n) is 6.82. The molecule has 2 N–H and O–H groups in total. The molecule has 1 aromatic carbocycles. The van der Waals surface area contributed by atoms with Crippen molar-refractivity contribution in [3.05, 3.63) is 18.2 Å². The Labute approximate surface area is 80.7 Å². The van der Waals surface area contributed by atoms with Crippen LogP contribution in [0.5, 0.6) is 5.75 Å². The average molecular weight is 222 g/mol. The second-order valence-electron chi connectivity index (χ2n) is 2.35. The van der Waals surface area contributed by atoms with Gasteiger partial charge in [-0.25, -0.2) is 8.42 Å². The summed E-state index contributed by atoms with van der Waals surface area (Å²) < 4.78 is 26.7. The van der Waals surface area contributed by atoms with Gasteiger partial charge in [-0.15, -0.1) is 0 Å². The van der Waals surface area contributed by atoms with Crippen molar-refractivity contribution in [2.45, 2.75) is 4.90 Å². The molecule has 6 heteroatoms. The van der Waals surface area contributed by atoms with Gasteiger partial charge in [0.1, 0.15) is 10.6 Å². The van der Waals surface area contributed by atoms with E-state index in [9.17, 15) is 8.42 Å². The Bertz CT molecular complexity index is 416. The highest BCUT2D eigenvalue weighted by Gasteiger charge is 2.15. The second kappa shape index (κ2) is 3.43. The van der Waals surface area contributed by atoms with Crippen LogP contribution >= 0.6 is 10.7 Å². The second-order valence-corrected chi connectivity index (χ2v) is 4.88. The summed E-state index contributed by atoms with van der Waals surface area (Å²) in [5.74, 6) is 0.148. The Morgan fingerprint density at radius 2 is 2.08 bits per heavy atom. The Morgan fingerprint density at radius 3 is 2.54 bits per heavy atom. The van der Waals surface area contributed by atoms with Crippen LogP contribution in [0.15, 0.2) is 23.1 Å². The third-order valence-corrected chi connectivity index (χ3v) is 2.81. The van der Waals surface area contributed by atoms with Crippen LogP contribution in [0.2, 0.25) is 0 Å². The van der Waals surface area contributed by atoms with Crippen LogP contribution in [0.1, 0.15) is 0 Å². The molecule has 0 saturated carbocycles. The monoisotopic (exact) mass is 221 g/mol. The number of nitrogen functional groups attached to an aromatic ring is 1. The smallest absolute Gasteiger partial charge is 0.264 e. The first-order chi connectivity index (χ1) is 5.95. The van der Waals surface area contributed by atoms with Crippen LogP contribution in [0, 0.1) is 0 Å². The number of halogens is 1. The fourth-order valence-electron chi connectivity index (χ4n) is 0.886. The molecular weight excluding hydrogens is 214 g/mol. The number of rotatable bonds is 2. The van der Waals surface area contributed by atoms with Gasteiger partial charge in [0.15, 0.2) is 0 Å². The van der Waals surface area contributed by atoms with Gasteiger partial charge in [-0.1, -0.05) is 0 Å². The maximum atomic E-state index is 11.0. The van der Waals surface area contributed by atoms with E-state index < -0.39 is 9.05 Å². The largest absolute Gasteiger partial charge is 0.495 e. The third-order valence-electron chi connectivity index (χ3n) is 1.45. The van der Waals surface area contributed by atoms with Crippen molar-refractivity contribution in [3.8, 4) is 5.75 Å². The van der Waals surface area contributed by atoms with Crippen LogP contribution < -0.4 is 10.5 Å². The quantitative estimate of drug-likeness (QED) is 0.602. The lowest BCUT2D eigenvalue weighted by molar-refractivity contribution is 0.403. The van der Waals surface area contributed by atoms with Crippen molar-refractivity contribution in [1.82, 2.24) is 0 Å². The van der Waals surface area contributed by atoms with Crippen molar-refractivity contribution in [2.24, 2.45) is 0 Å². The highest BCUT2D eigenvalue weighted by molar-refractivity contribution is 8.13. The summed E-state index contributed by atoms with van der Waals surface area (Å²) in [6, 6.07) is 4.14. The Kier molecular flexibility index (Phi) is 2.68. The molecular formula is C7H8ClNO3S. The molecule has 0 saturated heterocycles. The van der Waals surface area contributed by atoms with Gasteiger partial charge in [0.05, 0.1) is 7.11 Å². The van der Waals surface area contributed by atoms with Gasteiger partial charge in [0, 0.05) is 22.4 Å². The molecule has 0 amide bonds. The van der Waals surface area contributed by atoms with Gasteiger partial charge in [0.2, 0.25) is 0 Å². The molecule has 0 atom stereocenters.